The summed E-state index contributed by atoms with van der Waals surface area (Å²) in [5.41, 5.74) is 3.96. The van der Waals surface area contributed by atoms with E-state index in [0.29, 0.717) is 37.8 Å². The van der Waals surface area contributed by atoms with Gasteiger partial charge in [-0.1, -0.05) is 0 Å². The number of hydrogen-bond donors (Lipinski definition) is 2. The summed E-state index contributed by atoms with van der Waals surface area (Å²) in [5.74, 6) is 0.0727. The Morgan fingerprint density at radius 3 is 2.60 bits per heavy atom. The highest BCUT2D eigenvalue weighted by Crippen LogP contribution is 2.37. The third-order valence-electron chi connectivity index (χ3n) is 6.48. The first kappa shape index (κ1) is 29.9. The summed E-state index contributed by atoms with van der Waals surface area (Å²) in [5, 5.41) is 12.4. The van der Waals surface area contributed by atoms with Gasteiger partial charge in [0, 0.05) is 30.0 Å². The number of rotatable bonds is 10. The maximum atomic E-state index is 15.1. The van der Waals surface area contributed by atoms with Crippen molar-refractivity contribution in [3.8, 4) is 28.1 Å². The number of carbonyl (C=O) groups excluding carboxylic acids is 1. The van der Waals surface area contributed by atoms with Crippen molar-refractivity contribution < 1.29 is 33.2 Å². The van der Waals surface area contributed by atoms with Crippen molar-refractivity contribution in [3.63, 3.8) is 0 Å². The number of anilines is 1. The highest BCUT2D eigenvalue weighted by molar-refractivity contribution is 7.21. The highest BCUT2D eigenvalue weighted by Gasteiger charge is 2.22. The third kappa shape index (κ3) is 6.89. The van der Waals surface area contributed by atoms with Crippen LogP contribution in [0, 0.1) is 12.7 Å². The molecule has 43 heavy (non-hydrogen) atoms. The van der Waals surface area contributed by atoms with Crippen LogP contribution in [0.25, 0.3) is 31.8 Å². The first-order chi connectivity index (χ1) is 20.6. The number of aromatic nitrogens is 4. The number of hydrogen-bond acceptors (Lipinski definition) is 11. The number of aliphatic hydroxyl groups excluding tert-OH is 1. The summed E-state index contributed by atoms with van der Waals surface area (Å²) >= 11 is 1.38. The van der Waals surface area contributed by atoms with Crippen LogP contribution in [-0.4, -0.2) is 63.2 Å². The summed E-state index contributed by atoms with van der Waals surface area (Å²) in [6.07, 6.45) is 0.411. The summed E-state index contributed by atoms with van der Waals surface area (Å²) in [7, 11) is 1.53. The highest BCUT2D eigenvalue weighted by atomic mass is 32.1. The van der Waals surface area contributed by atoms with E-state index in [2.05, 4.69) is 25.3 Å². The van der Waals surface area contributed by atoms with E-state index in [9.17, 15) is 4.79 Å². The molecule has 3 aromatic heterocycles. The molecule has 0 saturated heterocycles. The first-order valence-corrected chi connectivity index (χ1v) is 14.2. The van der Waals surface area contributed by atoms with Crippen LogP contribution in [0.5, 0.6) is 17.5 Å². The van der Waals surface area contributed by atoms with Gasteiger partial charge in [-0.25, -0.2) is 29.1 Å². The SMILES string of the molecule is COc1cnc2c(-c3nc4cc(F)c(O[C@@H](C)[C@@H](C)OC(=O)Nc5ccnc(O[C@H](C)CO)c5)cc4s3)cc(C)cc2n1. The van der Waals surface area contributed by atoms with E-state index in [1.165, 1.54) is 36.8 Å². The van der Waals surface area contributed by atoms with Gasteiger partial charge in [0.25, 0.3) is 0 Å². The summed E-state index contributed by atoms with van der Waals surface area (Å²) in [4.78, 5) is 30.2. The minimum absolute atomic E-state index is 0.0126. The van der Waals surface area contributed by atoms with Crippen molar-refractivity contribution in [1.82, 2.24) is 19.9 Å². The molecule has 11 nitrogen and oxygen atoms in total. The van der Waals surface area contributed by atoms with Gasteiger partial charge in [0.2, 0.25) is 11.8 Å². The standard InChI is InChI=1S/C30H30FN5O6S/c1-15-8-20(28-23(9-15)35-27(39-5)13-33-28)29-36-22-11-21(31)24(12-25(22)43-29)41-17(3)18(4)42-30(38)34-19-6-7-32-26(10-19)40-16(2)14-37/h6-13,16-18,37H,14H2,1-5H3,(H,32,34,38)/t16-,17+,18-/m1/s1. The molecule has 0 aliphatic heterocycles. The Balaban J connectivity index is 1.29. The van der Waals surface area contributed by atoms with Gasteiger partial charge in [0.05, 0.1) is 46.9 Å². The van der Waals surface area contributed by atoms with E-state index in [1.807, 2.05) is 19.1 Å². The number of pyridine rings is 1. The average Bonchev–Trinajstić information content (AvgIpc) is 3.38. The molecule has 3 atom stereocenters. The molecule has 0 radical (unpaired) electrons. The molecule has 0 saturated carbocycles. The van der Waals surface area contributed by atoms with Crippen molar-refractivity contribution in [1.29, 1.82) is 0 Å². The van der Waals surface area contributed by atoms with Gasteiger partial charge in [-0.05, 0) is 51.5 Å². The van der Waals surface area contributed by atoms with Gasteiger partial charge in [0.15, 0.2) is 11.6 Å². The van der Waals surface area contributed by atoms with Gasteiger partial charge >= 0.3 is 6.09 Å². The normalized spacial score (nSPS) is 13.4. The topological polar surface area (TPSA) is 138 Å². The summed E-state index contributed by atoms with van der Waals surface area (Å²) < 4.78 is 37.8. The molecular formula is C30H30FN5O6S. The number of carbonyl (C=O) groups is 1. The zero-order chi connectivity index (χ0) is 30.7. The molecule has 3 heterocycles. The van der Waals surface area contributed by atoms with E-state index < -0.39 is 30.2 Å². The van der Waals surface area contributed by atoms with Gasteiger partial charge in [-0.15, -0.1) is 11.3 Å². The Bertz CT molecular complexity index is 1780. The largest absolute Gasteiger partial charge is 0.484 e. The van der Waals surface area contributed by atoms with Gasteiger partial charge in [-0.3, -0.25) is 5.32 Å². The molecule has 1 amide bonds. The second-order valence-electron chi connectivity index (χ2n) is 9.91. The predicted molar refractivity (Wildman–Crippen MR) is 160 cm³/mol. The van der Waals surface area contributed by atoms with E-state index >= 15 is 4.39 Å². The number of aryl methyl sites for hydroxylation is 1. The van der Waals surface area contributed by atoms with Crippen LogP contribution in [0.4, 0.5) is 14.9 Å². The maximum Gasteiger partial charge on any atom is 0.412 e. The minimum Gasteiger partial charge on any atom is -0.484 e. The lowest BCUT2D eigenvalue weighted by molar-refractivity contribution is 0.0402. The maximum absolute atomic E-state index is 15.1. The molecule has 13 heteroatoms. The van der Waals surface area contributed by atoms with Crippen molar-refractivity contribution in [2.24, 2.45) is 0 Å². The smallest absolute Gasteiger partial charge is 0.412 e. The number of halogens is 1. The molecule has 0 aliphatic rings. The number of benzene rings is 2. The molecule has 0 aliphatic carbocycles. The fourth-order valence-electron chi connectivity index (χ4n) is 4.15. The molecule has 0 fully saturated rings. The zero-order valence-electron chi connectivity index (χ0n) is 24.1. The molecule has 224 valence electrons. The van der Waals surface area contributed by atoms with E-state index in [1.54, 1.807) is 39.1 Å². The van der Waals surface area contributed by atoms with Crippen molar-refractivity contribution in [2.75, 3.05) is 19.0 Å². The van der Waals surface area contributed by atoms with Crippen LogP contribution in [-0.2, 0) is 4.74 Å². The number of nitrogens with one attached hydrogen (secondary N) is 1. The lowest BCUT2D eigenvalue weighted by Crippen LogP contribution is -2.32. The lowest BCUT2D eigenvalue weighted by atomic mass is 10.1. The molecule has 2 aromatic carbocycles. The molecule has 0 spiro atoms. The minimum atomic E-state index is -0.732. The van der Waals surface area contributed by atoms with Crippen LogP contribution in [0.3, 0.4) is 0 Å². The Morgan fingerprint density at radius 2 is 1.84 bits per heavy atom. The number of aliphatic hydroxyl groups is 1. The molecule has 5 aromatic rings. The van der Waals surface area contributed by atoms with E-state index in [0.717, 1.165) is 11.1 Å². The molecule has 5 rings (SSSR count). The average molecular weight is 608 g/mol. The lowest BCUT2D eigenvalue weighted by Gasteiger charge is -2.22. The van der Waals surface area contributed by atoms with Crippen LogP contribution in [0.15, 0.2) is 48.8 Å². The summed E-state index contributed by atoms with van der Waals surface area (Å²) in [6, 6.07) is 9.88. The quantitative estimate of drug-likeness (QED) is 0.197. The number of fused-ring (bicyclic) bond motifs is 2. The van der Waals surface area contributed by atoms with Gasteiger partial charge < -0.3 is 24.1 Å². The van der Waals surface area contributed by atoms with E-state index in [4.69, 9.17) is 24.1 Å². The predicted octanol–water partition coefficient (Wildman–Crippen LogP) is 5.92. The molecule has 0 bridgehead atoms. The Hall–Kier alpha value is -4.62. The molecular weight excluding hydrogens is 577 g/mol. The van der Waals surface area contributed by atoms with E-state index in [-0.39, 0.29) is 18.2 Å². The van der Waals surface area contributed by atoms with Crippen molar-refractivity contribution >= 4 is 44.4 Å². The number of methoxy groups -OCH3 is 1. The number of amides is 1. The van der Waals surface area contributed by atoms with Crippen LogP contribution in [0.1, 0.15) is 26.3 Å². The molecule has 2 N–H and O–H groups in total. The Morgan fingerprint density at radius 1 is 1.02 bits per heavy atom. The van der Waals surface area contributed by atoms with Gasteiger partial charge in [0.1, 0.15) is 23.3 Å². The van der Waals surface area contributed by atoms with Crippen molar-refractivity contribution in [2.45, 2.75) is 46.0 Å². The zero-order valence-corrected chi connectivity index (χ0v) is 24.9. The number of nitrogens with zero attached hydrogens (tertiary/aromatic N) is 4. The summed E-state index contributed by atoms with van der Waals surface area (Å²) in [6.45, 7) is 6.79. The van der Waals surface area contributed by atoms with Crippen LogP contribution in [0.2, 0.25) is 0 Å². The Kier molecular flexibility index (Phi) is 8.83. The number of thiazole rings is 1. The Labute approximate surface area is 250 Å². The van der Waals surface area contributed by atoms with Crippen molar-refractivity contribution in [3.05, 3.63) is 60.2 Å². The second-order valence-corrected chi connectivity index (χ2v) is 10.9. The van der Waals surface area contributed by atoms with Gasteiger partial charge in [-0.2, -0.15) is 0 Å². The number of ether oxygens (including phenoxy) is 4. The first-order valence-electron chi connectivity index (χ1n) is 13.4. The third-order valence-corrected chi connectivity index (χ3v) is 7.53. The molecule has 0 unspecified atom stereocenters. The second kappa shape index (κ2) is 12.7. The van der Waals surface area contributed by atoms with Crippen LogP contribution >= 0.6 is 11.3 Å². The fraction of sp³-hybridized carbons (Fsp3) is 0.300. The van der Waals surface area contributed by atoms with Crippen LogP contribution < -0.4 is 19.5 Å². The monoisotopic (exact) mass is 607 g/mol. The fourth-order valence-corrected chi connectivity index (χ4v) is 5.14.